The second-order valence-electron chi connectivity index (χ2n) is 3.92. The van der Waals surface area contributed by atoms with Crippen LogP contribution in [0.2, 0.25) is 0 Å². The fourth-order valence-electron chi connectivity index (χ4n) is 1.80. The van der Waals surface area contributed by atoms with Crippen LogP contribution in [0.15, 0.2) is 54.6 Å². The zero-order valence-electron chi connectivity index (χ0n) is 10.9. The second kappa shape index (κ2) is 5.83. The quantitative estimate of drug-likeness (QED) is 0.477. The average molecular weight is 245 g/mol. The van der Waals surface area contributed by atoms with E-state index in [-0.39, 0.29) is 18.9 Å². The van der Waals surface area contributed by atoms with Gasteiger partial charge in [0.05, 0.1) is 0 Å². The Balaban J connectivity index is 0.00000133. The van der Waals surface area contributed by atoms with E-state index in [4.69, 9.17) is 4.74 Å². The van der Waals surface area contributed by atoms with E-state index in [2.05, 4.69) is 10.3 Å². The van der Waals surface area contributed by atoms with E-state index < -0.39 is 0 Å². The van der Waals surface area contributed by atoms with Crippen molar-refractivity contribution in [2.75, 3.05) is 0 Å². The smallest absolute Gasteiger partial charge is 0.531 e. The summed E-state index contributed by atoms with van der Waals surface area (Å²) in [6.07, 6.45) is 0.676. The molecular formula is C14H12LiN3O. The molecule has 0 unspecified atom stereocenters. The molecule has 19 heavy (non-hydrogen) atoms. The summed E-state index contributed by atoms with van der Waals surface area (Å²) >= 11 is 0. The van der Waals surface area contributed by atoms with Gasteiger partial charge in [0.2, 0.25) is 0 Å². The summed E-state index contributed by atoms with van der Waals surface area (Å²) in [6.45, 7) is 1.87. The van der Waals surface area contributed by atoms with Crippen LogP contribution >= 0.6 is 0 Å². The molecule has 0 saturated carbocycles. The van der Waals surface area contributed by atoms with Gasteiger partial charge >= 0.3 is 18.9 Å². The molecule has 1 aromatic heterocycles. The van der Waals surface area contributed by atoms with Crippen LogP contribution in [0.3, 0.4) is 0 Å². The van der Waals surface area contributed by atoms with Crippen LogP contribution in [-0.2, 0) is 0 Å². The van der Waals surface area contributed by atoms with Crippen molar-refractivity contribution in [2.45, 2.75) is 6.92 Å². The molecule has 0 fully saturated rings. The molecule has 0 radical (unpaired) electrons. The van der Waals surface area contributed by atoms with Crippen molar-refractivity contribution in [1.29, 1.82) is 0 Å². The van der Waals surface area contributed by atoms with Crippen LogP contribution in [0.4, 0.5) is 0 Å². The SMILES string of the molecule is C[C-](Oc1ccccc1)n1nnc2ccccc21.[Li+]. The molecule has 1 heterocycles. The van der Waals surface area contributed by atoms with Crippen LogP contribution in [0, 0.1) is 6.23 Å². The van der Waals surface area contributed by atoms with E-state index in [1.165, 1.54) is 0 Å². The second-order valence-corrected chi connectivity index (χ2v) is 3.92. The Morgan fingerprint density at radius 1 is 1.00 bits per heavy atom. The van der Waals surface area contributed by atoms with E-state index in [0.29, 0.717) is 6.23 Å². The third-order valence-electron chi connectivity index (χ3n) is 2.66. The summed E-state index contributed by atoms with van der Waals surface area (Å²) in [7, 11) is 0. The fraction of sp³-hybridized carbons (Fsp3) is 0.0714. The van der Waals surface area contributed by atoms with Gasteiger partial charge in [-0.05, 0) is 12.1 Å². The predicted molar refractivity (Wildman–Crippen MR) is 68.9 cm³/mol. The van der Waals surface area contributed by atoms with Gasteiger partial charge in [-0.15, -0.1) is 6.07 Å². The number of para-hydroxylation sites is 2. The number of hydrogen-bond acceptors (Lipinski definition) is 3. The zero-order chi connectivity index (χ0) is 12.4. The summed E-state index contributed by atoms with van der Waals surface area (Å²) in [5.41, 5.74) is 1.79. The minimum atomic E-state index is 0. The molecule has 4 nitrogen and oxygen atoms in total. The number of hydrogen-bond donors (Lipinski definition) is 0. The maximum absolute atomic E-state index is 5.74. The average Bonchev–Trinajstić information content (AvgIpc) is 2.84. The van der Waals surface area contributed by atoms with E-state index in [1.54, 1.807) is 4.68 Å². The van der Waals surface area contributed by atoms with Crippen molar-refractivity contribution in [3.05, 3.63) is 60.8 Å². The number of benzene rings is 2. The Labute approximate surface area is 123 Å². The third kappa shape index (κ3) is 2.76. The molecule has 0 atom stereocenters. The van der Waals surface area contributed by atoms with Gasteiger partial charge in [-0.2, -0.15) is 5.10 Å². The molecule has 0 aliphatic carbocycles. The van der Waals surface area contributed by atoms with Gasteiger partial charge in [-0.3, -0.25) is 0 Å². The number of aromatic nitrogens is 3. The first-order valence-corrected chi connectivity index (χ1v) is 5.72. The maximum atomic E-state index is 5.74. The molecule has 0 bridgehead atoms. The largest absolute Gasteiger partial charge is 1.00 e. The van der Waals surface area contributed by atoms with Crippen molar-refractivity contribution in [2.24, 2.45) is 0 Å². The van der Waals surface area contributed by atoms with Crippen molar-refractivity contribution in [3.63, 3.8) is 0 Å². The summed E-state index contributed by atoms with van der Waals surface area (Å²) < 4.78 is 7.44. The molecule has 90 valence electrons. The van der Waals surface area contributed by atoms with Crippen LogP contribution < -0.4 is 23.6 Å². The van der Waals surface area contributed by atoms with Crippen LogP contribution in [0.25, 0.3) is 11.0 Å². The molecule has 0 aliphatic heterocycles. The molecular weight excluding hydrogens is 233 g/mol. The zero-order valence-corrected chi connectivity index (χ0v) is 10.9. The number of ether oxygens (including phenoxy) is 1. The first kappa shape index (κ1) is 13.5. The van der Waals surface area contributed by atoms with Crippen molar-refractivity contribution in [3.8, 4) is 5.75 Å². The summed E-state index contributed by atoms with van der Waals surface area (Å²) in [5.74, 6) is 0.787. The van der Waals surface area contributed by atoms with Gasteiger partial charge < -0.3 is 9.42 Å². The molecule has 0 saturated heterocycles. The molecule has 0 amide bonds. The van der Waals surface area contributed by atoms with E-state index in [1.807, 2.05) is 61.5 Å². The maximum Gasteiger partial charge on any atom is 1.00 e. The van der Waals surface area contributed by atoms with Crippen molar-refractivity contribution < 1.29 is 23.6 Å². The molecule has 0 spiro atoms. The topological polar surface area (TPSA) is 39.9 Å². The van der Waals surface area contributed by atoms with E-state index in [0.717, 1.165) is 16.8 Å². The predicted octanol–water partition coefficient (Wildman–Crippen LogP) is -0.128. The third-order valence-corrected chi connectivity index (χ3v) is 2.66. The van der Waals surface area contributed by atoms with Gasteiger partial charge in [0, 0.05) is 11.7 Å². The first-order valence-electron chi connectivity index (χ1n) is 5.72. The number of nitrogens with zero attached hydrogens (tertiary/aromatic N) is 3. The van der Waals surface area contributed by atoms with Crippen molar-refractivity contribution in [1.82, 2.24) is 15.0 Å². The van der Waals surface area contributed by atoms with E-state index in [9.17, 15) is 0 Å². The summed E-state index contributed by atoms with van der Waals surface area (Å²) in [6, 6.07) is 17.4. The van der Waals surface area contributed by atoms with Gasteiger partial charge in [-0.25, -0.2) is 0 Å². The van der Waals surface area contributed by atoms with Crippen LogP contribution in [0.5, 0.6) is 5.75 Å². The summed E-state index contributed by atoms with van der Waals surface area (Å²) in [4.78, 5) is 0. The van der Waals surface area contributed by atoms with Gasteiger partial charge in [0.1, 0.15) is 5.75 Å². The molecule has 2 aromatic carbocycles. The van der Waals surface area contributed by atoms with Crippen molar-refractivity contribution >= 4 is 11.0 Å². The molecule has 0 N–H and O–H groups in total. The Bertz CT molecular complexity index is 654. The van der Waals surface area contributed by atoms with Gasteiger partial charge in [-0.1, -0.05) is 54.1 Å². The number of rotatable bonds is 3. The van der Waals surface area contributed by atoms with Crippen LogP contribution in [-0.4, -0.2) is 15.0 Å². The fourth-order valence-corrected chi connectivity index (χ4v) is 1.80. The van der Waals surface area contributed by atoms with E-state index >= 15 is 0 Å². The van der Waals surface area contributed by atoms with Crippen LogP contribution in [0.1, 0.15) is 6.92 Å². The standard InChI is InChI=1S/C14H12N3O.Li/c1-11(18-12-7-3-2-4-8-12)17-14-10-6-5-9-13(14)15-16-17;/h2-10H,1H3;/q-1;+1. The minimum absolute atomic E-state index is 0. The minimum Gasteiger partial charge on any atom is -0.531 e. The summed E-state index contributed by atoms with van der Waals surface area (Å²) in [5, 5.41) is 8.19. The Kier molecular flexibility index (Phi) is 4.15. The monoisotopic (exact) mass is 245 g/mol. The molecule has 3 aromatic rings. The normalized spacial score (nSPS) is 9.95. The Hall–Kier alpha value is -1.89. The Morgan fingerprint density at radius 2 is 1.68 bits per heavy atom. The molecule has 5 heteroatoms. The molecule has 3 rings (SSSR count). The van der Waals surface area contributed by atoms with Gasteiger partial charge in [0.15, 0.2) is 0 Å². The first-order chi connectivity index (χ1) is 8.84. The van der Waals surface area contributed by atoms with Gasteiger partial charge in [0.25, 0.3) is 0 Å². The number of fused-ring (bicyclic) bond motifs is 1. The Morgan fingerprint density at radius 3 is 2.47 bits per heavy atom. The molecule has 0 aliphatic rings.